The van der Waals surface area contributed by atoms with Crippen molar-refractivity contribution in [3.05, 3.63) is 33.9 Å². The SMILES string of the molecule is CNCC(=Cc1c[nH]c(=O)cn1)B1OC(C)(C)C(C)(C)O1. The van der Waals surface area contributed by atoms with Gasteiger partial charge in [-0.3, -0.25) is 4.79 Å². The van der Waals surface area contributed by atoms with Crippen molar-refractivity contribution in [3.8, 4) is 0 Å². The van der Waals surface area contributed by atoms with Crippen molar-refractivity contribution >= 4 is 13.2 Å². The molecule has 7 heteroatoms. The number of aromatic amines is 1. The summed E-state index contributed by atoms with van der Waals surface area (Å²) in [6.07, 6.45) is 4.70. The summed E-state index contributed by atoms with van der Waals surface area (Å²) in [5.41, 5.74) is 0.592. The van der Waals surface area contributed by atoms with E-state index < -0.39 is 7.12 Å². The molecule has 0 radical (unpaired) electrons. The fourth-order valence-corrected chi connectivity index (χ4v) is 2.02. The fraction of sp³-hybridized carbons (Fsp3) is 0.571. The molecule has 0 aliphatic carbocycles. The van der Waals surface area contributed by atoms with Crippen molar-refractivity contribution in [3.63, 3.8) is 0 Å². The lowest BCUT2D eigenvalue weighted by Crippen LogP contribution is -2.41. The van der Waals surface area contributed by atoms with Gasteiger partial charge in [-0.15, -0.1) is 0 Å². The van der Waals surface area contributed by atoms with Crippen molar-refractivity contribution in [1.29, 1.82) is 0 Å². The van der Waals surface area contributed by atoms with Gasteiger partial charge in [0.05, 0.1) is 23.1 Å². The highest BCUT2D eigenvalue weighted by molar-refractivity contribution is 6.55. The largest absolute Gasteiger partial charge is 0.491 e. The summed E-state index contributed by atoms with van der Waals surface area (Å²) in [4.78, 5) is 17.8. The van der Waals surface area contributed by atoms with E-state index in [1.54, 1.807) is 6.20 Å². The van der Waals surface area contributed by atoms with Crippen LogP contribution in [0.3, 0.4) is 0 Å². The van der Waals surface area contributed by atoms with Crippen LogP contribution in [0.25, 0.3) is 6.08 Å². The van der Waals surface area contributed by atoms with Gasteiger partial charge in [0.2, 0.25) is 0 Å². The van der Waals surface area contributed by atoms with Crippen LogP contribution in [0, 0.1) is 0 Å². The number of H-pyrrole nitrogens is 1. The number of nitrogens with one attached hydrogen (secondary N) is 2. The van der Waals surface area contributed by atoms with Crippen molar-refractivity contribution in [1.82, 2.24) is 15.3 Å². The first-order chi connectivity index (χ1) is 9.75. The van der Waals surface area contributed by atoms with Gasteiger partial charge in [0.15, 0.2) is 0 Å². The third-order valence-corrected chi connectivity index (χ3v) is 3.96. The first kappa shape index (κ1) is 15.9. The Balaban J connectivity index is 2.28. The summed E-state index contributed by atoms with van der Waals surface area (Å²) in [5, 5.41) is 3.10. The summed E-state index contributed by atoms with van der Waals surface area (Å²) in [5.74, 6) is 0. The summed E-state index contributed by atoms with van der Waals surface area (Å²) in [7, 11) is 1.43. The first-order valence-electron chi connectivity index (χ1n) is 7.00. The molecule has 1 aromatic rings. The lowest BCUT2D eigenvalue weighted by molar-refractivity contribution is 0.00578. The molecular weight excluding hydrogens is 269 g/mol. The smallest absolute Gasteiger partial charge is 0.400 e. The van der Waals surface area contributed by atoms with E-state index in [0.717, 1.165) is 5.47 Å². The van der Waals surface area contributed by atoms with E-state index in [9.17, 15) is 4.79 Å². The van der Waals surface area contributed by atoms with Crippen LogP contribution in [0.15, 0.2) is 22.7 Å². The Bertz CT molecular complexity index is 559. The molecule has 1 aliphatic rings. The van der Waals surface area contributed by atoms with Crippen LogP contribution in [-0.2, 0) is 9.31 Å². The predicted molar refractivity (Wildman–Crippen MR) is 82.8 cm³/mol. The standard InChI is InChI=1S/C14H22BN3O3/c1-13(2)14(3,4)21-15(20-13)10(7-16-5)6-11-8-18-12(19)9-17-11/h6,8-9,16H,7H2,1-5H3,(H,18,19). The maximum absolute atomic E-state index is 11.1. The molecule has 0 spiro atoms. The number of rotatable bonds is 4. The predicted octanol–water partition coefficient (Wildman–Crippen LogP) is 1.00. The topological polar surface area (TPSA) is 76.2 Å². The molecular formula is C14H22BN3O3. The molecule has 2 heterocycles. The van der Waals surface area contributed by atoms with Crippen molar-refractivity contribution < 1.29 is 9.31 Å². The monoisotopic (exact) mass is 291 g/mol. The highest BCUT2D eigenvalue weighted by atomic mass is 16.7. The Hall–Kier alpha value is -1.44. The first-order valence-corrected chi connectivity index (χ1v) is 7.00. The van der Waals surface area contributed by atoms with Crippen LogP contribution in [0.4, 0.5) is 0 Å². The van der Waals surface area contributed by atoms with Crippen LogP contribution in [0.2, 0.25) is 0 Å². The van der Waals surface area contributed by atoms with Gasteiger partial charge in [0, 0.05) is 12.7 Å². The third-order valence-electron chi connectivity index (χ3n) is 3.96. The van der Waals surface area contributed by atoms with Gasteiger partial charge < -0.3 is 19.6 Å². The Morgan fingerprint density at radius 3 is 2.48 bits per heavy atom. The highest BCUT2D eigenvalue weighted by Gasteiger charge is 2.52. The van der Waals surface area contributed by atoms with Gasteiger partial charge in [-0.25, -0.2) is 4.98 Å². The summed E-state index contributed by atoms with van der Waals surface area (Å²) >= 11 is 0. The molecule has 1 fully saturated rings. The van der Waals surface area contributed by atoms with Gasteiger partial charge in [0.1, 0.15) is 0 Å². The zero-order chi connectivity index (χ0) is 15.7. The van der Waals surface area contributed by atoms with Crippen molar-refractivity contribution in [2.75, 3.05) is 13.6 Å². The average Bonchev–Trinajstić information content (AvgIpc) is 2.60. The second-order valence-electron chi connectivity index (χ2n) is 6.17. The minimum atomic E-state index is -0.434. The zero-order valence-electron chi connectivity index (χ0n) is 13.2. The molecule has 2 N–H and O–H groups in total. The van der Waals surface area contributed by atoms with E-state index in [-0.39, 0.29) is 16.8 Å². The summed E-state index contributed by atoms with van der Waals surface area (Å²) < 4.78 is 12.1. The van der Waals surface area contributed by atoms with Crippen LogP contribution in [-0.4, -0.2) is 41.9 Å². The molecule has 0 bridgehead atoms. The lowest BCUT2D eigenvalue weighted by Gasteiger charge is -2.32. The molecule has 1 aliphatic heterocycles. The third kappa shape index (κ3) is 3.43. The van der Waals surface area contributed by atoms with E-state index in [4.69, 9.17) is 9.31 Å². The second kappa shape index (κ2) is 5.75. The van der Waals surface area contributed by atoms with E-state index >= 15 is 0 Å². The van der Waals surface area contributed by atoms with Crippen LogP contribution < -0.4 is 10.9 Å². The number of hydrogen-bond acceptors (Lipinski definition) is 5. The number of aromatic nitrogens is 2. The molecule has 1 aromatic heterocycles. The van der Waals surface area contributed by atoms with E-state index in [0.29, 0.717) is 12.2 Å². The minimum absolute atomic E-state index is 0.224. The lowest BCUT2D eigenvalue weighted by atomic mass is 9.77. The summed E-state index contributed by atoms with van der Waals surface area (Å²) in [6, 6.07) is 0. The number of hydrogen-bond donors (Lipinski definition) is 2. The second-order valence-corrected chi connectivity index (χ2v) is 6.17. The Morgan fingerprint density at radius 2 is 2.00 bits per heavy atom. The number of nitrogens with zero attached hydrogens (tertiary/aromatic N) is 1. The normalized spacial score (nSPS) is 20.8. The van der Waals surface area contributed by atoms with Crippen molar-refractivity contribution in [2.45, 2.75) is 38.9 Å². The van der Waals surface area contributed by atoms with Crippen LogP contribution >= 0.6 is 0 Å². The molecule has 114 valence electrons. The van der Waals surface area contributed by atoms with Gasteiger partial charge in [-0.2, -0.15) is 0 Å². The number of likely N-dealkylation sites (N-methyl/N-ethyl adjacent to an activating group) is 1. The maximum atomic E-state index is 11.1. The van der Waals surface area contributed by atoms with Gasteiger partial charge in [0.25, 0.3) is 5.56 Å². The van der Waals surface area contributed by atoms with E-state index in [1.165, 1.54) is 6.20 Å². The Labute approximate surface area is 125 Å². The van der Waals surface area contributed by atoms with Gasteiger partial charge in [-0.05, 0) is 46.3 Å². The quantitative estimate of drug-likeness (QED) is 0.810. The van der Waals surface area contributed by atoms with Crippen molar-refractivity contribution in [2.24, 2.45) is 0 Å². The molecule has 0 atom stereocenters. The fourth-order valence-electron chi connectivity index (χ4n) is 2.02. The highest BCUT2D eigenvalue weighted by Crippen LogP contribution is 2.38. The Kier molecular flexibility index (Phi) is 4.36. The van der Waals surface area contributed by atoms with E-state index in [2.05, 4.69) is 15.3 Å². The molecule has 0 amide bonds. The molecule has 0 unspecified atom stereocenters. The van der Waals surface area contributed by atoms with Gasteiger partial charge >= 0.3 is 7.12 Å². The molecule has 21 heavy (non-hydrogen) atoms. The molecule has 2 rings (SSSR count). The maximum Gasteiger partial charge on any atom is 0.491 e. The van der Waals surface area contributed by atoms with E-state index in [1.807, 2.05) is 40.8 Å². The summed E-state index contributed by atoms with van der Waals surface area (Å²) in [6.45, 7) is 8.67. The molecule has 0 saturated carbocycles. The molecule has 1 saturated heterocycles. The average molecular weight is 291 g/mol. The Morgan fingerprint density at radius 1 is 1.38 bits per heavy atom. The molecule has 6 nitrogen and oxygen atoms in total. The van der Waals surface area contributed by atoms with Crippen LogP contribution in [0.1, 0.15) is 33.4 Å². The minimum Gasteiger partial charge on any atom is -0.400 e. The van der Waals surface area contributed by atoms with Gasteiger partial charge in [-0.1, -0.05) is 0 Å². The molecule has 0 aromatic carbocycles. The zero-order valence-corrected chi connectivity index (χ0v) is 13.2. The van der Waals surface area contributed by atoms with Crippen LogP contribution in [0.5, 0.6) is 0 Å².